The fourth-order valence-corrected chi connectivity index (χ4v) is 4.19. The van der Waals surface area contributed by atoms with Crippen molar-refractivity contribution in [1.82, 2.24) is 14.5 Å². The van der Waals surface area contributed by atoms with Crippen LogP contribution in [0.4, 0.5) is 5.95 Å². The molecule has 0 amide bonds. The first-order valence-corrected chi connectivity index (χ1v) is 9.10. The molecule has 0 radical (unpaired) electrons. The van der Waals surface area contributed by atoms with E-state index in [4.69, 9.17) is 15.7 Å². The molecular weight excluding hydrogens is 324 g/mol. The number of hydrogen-bond donors (Lipinski definition) is 2. The second kappa shape index (κ2) is 5.85. The number of benzene rings is 2. The second-order valence-electron chi connectivity index (χ2n) is 7.13. The van der Waals surface area contributed by atoms with E-state index in [-0.39, 0.29) is 5.66 Å². The average Bonchev–Trinajstić information content (AvgIpc) is 3.03. The highest BCUT2D eigenvalue weighted by atomic mass is 15.4. The van der Waals surface area contributed by atoms with Gasteiger partial charge in [0, 0.05) is 32.5 Å². The zero-order valence-corrected chi connectivity index (χ0v) is 14.6. The van der Waals surface area contributed by atoms with Crippen LogP contribution in [0.25, 0.3) is 11.0 Å². The molecule has 0 saturated carbocycles. The van der Waals surface area contributed by atoms with Gasteiger partial charge in [0.25, 0.3) is 0 Å². The molecule has 2 aliphatic heterocycles. The summed E-state index contributed by atoms with van der Waals surface area (Å²) in [5, 5.41) is 3.14. The third kappa shape index (κ3) is 2.45. The molecule has 0 atom stereocenters. The number of aromatic nitrogens is 2. The van der Waals surface area contributed by atoms with Crippen LogP contribution in [-0.4, -0.2) is 33.5 Å². The first-order chi connectivity index (χ1) is 12.7. The number of likely N-dealkylation sites (tertiary alicyclic amines) is 1. The van der Waals surface area contributed by atoms with Crippen molar-refractivity contribution in [2.75, 3.05) is 18.4 Å². The lowest BCUT2D eigenvalue weighted by Gasteiger charge is -2.42. The number of fused-ring (bicyclic) bond motifs is 4. The van der Waals surface area contributed by atoms with Gasteiger partial charge in [-0.2, -0.15) is 0 Å². The number of imidazole rings is 1. The highest BCUT2D eigenvalue weighted by molar-refractivity contribution is 5.94. The SMILES string of the molecule is NC1=NC2(CCN(Cc3ccccc3)CC2)n2c(nc3ccccc32)N1. The van der Waals surface area contributed by atoms with Crippen LogP contribution in [-0.2, 0) is 12.2 Å². The van der Waals surface area contributed by atoms with Crippen LogP contribution in [0.5, 0.6) is 0 Å². The molecule has 5 rings (SSSR count). The Morgan fingerprint density at radius 3 is 2.54 bits per heavy atom. The molecule has 132 valence electrons. The maximum Gasteiger partial charge on any atom is 0.212 e. The van der Waals surface area contributed by atoms with Crippen LogP contribution in [0, 0.1) is 0 Å². The minimum absolute atomic E-state index is 0.339. The van der Waals surface area contributed by atoms with E-state index in [1.807, 2.05) is 12.1 Å². The van der Waals surface area contributed by atoms with Gasteiger partial charge in [-0.25, -0.2) is 9.98 Å². The van der Waals surface area contributed by atoms with Gasteiger partial charge in [-0.15, -0.1) is 0 Å². The summed E-state index contributed by atoms with van der Waals surface area (Å²) in [6, 6.07) is 18.9. The third-order valence-electron chi connectivity index (χ3n) is 5.45. The molecule has 1 aromatic heterocycles. The number of aliphatic imine (C=N–C) groups is 1. The van der Waals surface area contributed by atoms with E-state index in [0.717, 1.165) is 49.5 Å². The summed E-state index contributed by atoms with van der Waals surface area (Å²) in [6.07, 6.45) is 1.85. The normalized spacial score (nSPS) is 19.2. The number of nitrogens with two attached hydrogens (primary N) is 1. The molecule has 0 unspecified atom stereocenters. The largest absolute Gasteiger partial charge is 0.370 e. The van der Waals surface area contributed by atoms with Crippen molar-refractivity contribution in [3.05, 3.63) is 60.2 Å². The summed E-state index contributed by atoms with van der Waals surface area (Å²) in [4.78, 5) is 12.1. The smallest absolute Gasteiger partial charge is 0.212 e. The topological polar surface area (TPSA) is 71.5 Å². The molecule has 2 aromatic carbocycles. The summed E-state index contributed by atoms with van der Waals surface area (Å²) in [5.74, 6) is 1.26. The zero-order chi connectivity index (χ0) is 17.6. The van der Waals surface area contributed by atoms with Gasteiger partial charge in [-0.1, -0.05) is 42.5 Å². The quantitative estimate of drug-likeness (QED) is 0.748. The monoisotopic (exact) mass is 346 g/mol. The number of guanidine groups is 1. The Bertz CT molecular complexity index is 966. The van der Waals surface area contributed by atoms with E-state index in [0.29, 0.717) is 5.96 Å². The lowest BCUT2D eigenvalue weighted by molar-refractivity contribution is 0.114. The highest BCUT2D eigenvalue weighted by Gasteiger charge is 2.41. The maximum absolute atomic E-state index is 6.11. The van der Waals surface area contributed by atoms with Gasteiger partial charge in [0.05, 0.1) is 11.0 Å². The maximum atomic E-state index is 6.11. The molecule has 1 spiro atoms. The summed E-state index contributed by atoms with van der Waals surface area (Å²) >= 11 is 0. The van der Waals surface area contributed by atoms with Gasteiger partial charge in [0.2, 0.25) is 5.95 Å². The van der Waals surface area contributed by atoms with E-state index in [9.17, 15) is 0 Å². The number of hydrogen-bond acceptors (Lipinski definition) is 5. The predicted molar refractivity (Wildman–Crippen MR) is 104 cm³/mol. The number of rotatable bonds is 2. The lowest BCUT2D eigenvalue weighted by atomic mass is 9.95. The molecule has 1 saturated heterocycles. The summed E-state index contributed by atoms with van der Waals surface area (Å²) < 4.78 is 2.25. The van der Waals surface area contributed by atoms with E-state index in [2.05, 4.69) is 57.2 Å². The Balaban J connectivity index is 1.46. The minimum Gasteiger partial charge on any atom is -0.370 e. The molecule has 26 heavy (non-hydrogen) atoms. The lowest BCUT2D eigenvalue weighted by Crippen LogP contribution is -2.49. The van der Waals surface area contributed by atoms with E-state index in [1.54, 1.807) is 0 Å². The zero-order valence-electron chi connectivity index (χ0n) is 14.6. The molecular formula is C20H22N6. The van der Waals surface area contributed by atoms with Gasteiger partial charge >= 0.3 is 0 Å². The number of anilines is 1. The Morgan fingerprint density at radius 2 is 1.73 bits per heavy atom. The number of piperidine rings is 1. The van der Waals surface area contributed by atoms with Crippen molar-refractivity contribution in [2.45, 2.75) is 25.0 Å². The van der Waals surface area contributed by atoms with Crippen LogP contribution >= 0.6 is 0 Å². The molecule has 1 fully saturated rings. The van der Waals surface area contributed by atoms with E-state index in [1.165, 1.54) is 5.56 Å². The first kappa shape index (κ1) is 15.4. The van der Waals surface area contributed by atoms with Gasteiger partial charge < -0.3 is 5.73 Å². The van der Waals surface area contributed by atoms with Gasteiger partial charge in [0.1, 0.15) is 5.66 Å². The molecule has 3 N–H and O–H groups in total. The number of nitrogens with one attached hydrogen (secondary N) is 1. The van der Waals surface area contributed by atoms with Crippen molar-refractivity contribution in [2.24, 2.45) is 10.7 Å². The molecule has 6 nitrogen and oxygen atoms in total. The summed E-state index contributed by atoms with van der Waals surface area (Å²) in [5.41, 5.74) is 9.21. The van der Waals surface area contributed by atoms with E-state index >= 15 is 0 Å². The Hall–Kier alpha value is -2.86. The first-order valence-electron chi connectivity index (χ1n) is 9.10. The highest BCUT2D eigenvalue weighted by Crippen LogP contribution is 2.39. The molecule has 0 bridgehead atoms. The van der Waals surface area contributed by atoms with Crippen molar-refractivity contribution in [3.8, 4) is 0 Å². The van der Waals surface area contributed by atoms with Crippen LogP contribution in [0.1, 0.15) is 18.4 Å². The third-order valence-corrected chi connectivity index (χ3v) is 5.45. The Kier molecular flexibility index (Phi) is 3.46. The molecule has 2 aliphatic rings. The second-order valence-corrected chi connectivity index (χ2v) is 7.13. The van der Waals surface area contributed by atoms with Gasteiger partial charge in [-0.3, -0.25) is 14.8 Å². The summed E-state index contributed by atoms with van der Waals surface area (Å²) in [7, 11) is 0. The van der Waals surface area contributed by atoms with Gasteiger partial charge in [0.15, 0.2) is 5.96 Å². The van der Waals surface area contributed by atoms with Crippen molar-refractivity contribution < 1.29 is 0 Å². The molecule has 6 heteroatoms. The molecule has 3 heterocycles. The van der Waals surface area contributed by atoms with E-state index < -0.39 is 0 Å². The van der Waals surface area contributed by atoms with Gasteiger partial charge in [-0.05, 0) is 17.7 Å². The molecule has 3 aromatic rings. The fraction of sp³-hybridized carbons (Fsp3) is 0.300. The summed E-state index contributed by atoms with van der Waals surface area (Å²) in [6.45, 7) is 2.95. The number of para-hydroxylation sites is 2. The van der Waals surface area contributed by atoms with Crippen LogP contribution < -0.4 is 11.1 Å². The number of nitrogens with zero attached hydrogens (tertiary/aromatic N) is 4. The minimum atomic E-state index is -0.339. The van der Waals surface area contributed by atoms with Crippen LogP contribution in [0.15, 0.2) is 59.6 Å². The average molecular weight is 346 g/mol. The fourth-order valence-electron chi connectivity index (χ4n) is 4.19. The van der Waals surface area contributed by atoms with Crippen LogP contribution in [0.2, 0.25) is 0 Å². The van der Waals surface area contributed by atoms with Crippen molar-refractivity contribution in [3.63, 3.8) is 0 Å². The standard InChI is InChI=1S/C20H22N6/c21-18-23-19-22-16-8-4-5-9-17(16)26(19)20(24-18)10-12-25(13-11-20)14-15-6-2-1-3-7-15/h1-9H,10-14H2,(H3,21,22,23,24). The van der Waals surface area contributed by atoms with Crippen molar-refractivity contribution in [1.29, 1.82) is 0 Å². The predicted octanol–water partition coefficient (Wildman–Crippen LogP) is 2.73. The van der Waals surface area contributed by atoms with Crippen molar-refractivity contribution >= 4 is 22.9 Å². The Morgan fingerprint density at radius 1 is 1.00 bits per heavy atom. The van der Waals surface area contributed by atoms with Crippen LogP contribution in [0.3, 0.4) is 0 Å². The Labute approximate surface area is 152 Å². The molecule has 0 aliphatic carbocycles.